The van der Waals surface area contributed by atoms with E-state index in [1.54, 1.807) is 18.2 Å². The number of aryl methyl sites for hydroxylation is 1. The average molecular weight is 327 g/mol. The van der Waals surface area contributed by atoms with Crippen molar-refractivity contribution in [3.63, 3.8) is 0 Å². The van der Waals surface area contributed by atoms with Gasteiger partial charge in [0, 0.05) is 16.1 Å². The highest BCUT2D eigenvalue weighted by molar-refractivity contribution is 6.30. The first-order chi connectivity index (χ1) is 11.1. The molecule has 0 N–H and O–H groups in total. The van der Waals surface area contributed by atoms with Crippen molar-refractivity contribution in [2.75, 3.05) is 0 Å². The van der Waals surface area contributed by atoms with E-state index in [-0.39, 0.29) is 5.82 Å². The number of fused-ring (bicyclic) bond motifs is 3. The van der Waals surface area contributed by atoms with Crippen LogP contribution in [0.15, 0.2) is 52.0 Å². The Balaban J connectivity index is 1.98. The predicted molar refractivity (Wildman–Crippen MR) is 87.4 cm³/mol. The Hall–Kier alpha value is -2.46. The van der Waals surface area contributed by atoms with Gasteiger partial charge in [0.05, 0.1) is 17.0 Å². The van der Waals surface area contributed by atoms with Crippen LogP contribution in [0.1, 0.15) is 22.6 Å². The third kappa shape index (κ3) is 2.35. The van der Waals surface area contributed by atoms with Gasteiger partial charge in [-0.2, -0.15) is 0 Å². The van der Waals surface area contributed by atoms with Crippen LogP contribution < -0.4 is 0 Å². The fourth-order valence-corrected chi connectivity index (χ4v) is 3.02. The molecule has 0 saturated carbocycles. The lowest BCUT2D eigenvalue weighted by Crippen LogP contribution is -2.05. The summed E-state index contributed by atoms with van der Waals surface area (Å²) in [6, 6.07) is 12.1. The van der Waals surface area contributed by atoms with Crippen LogP contribution in [0.2, 0.25) is 5.02 Å². The van der Waals surface area contributed by atoms with Crippen LogP contribution in [0.4, 0.5) is 4.39 Å². The van der Waals surface area contributed by atoms with Crippen molar-refractivity contribution in [3.8, 4) is 11.1 Å². The van der Waals surface area contributed by atoms with Crippen molar-refractivity contribution in [2.24, 2.45) is 4.99 Å². The minimum atomic E-state index is -0.303. The van der Waals surface area contributed by atoms with Gasteiger partial charge < -0.3 is 4.52 Å². The second-order valence-electron chi connectivity index (χ2n) is 5.43. The molecule has 0 aliphatic carbocycles. The van der Waals surface area contributed by atoms with Crippen molar-refractivity contribution < 1.29 is 8.91 Å². The fraction of sp³-hybridized carbons (Fsp3) is 0.111. The molecule has 0 radical (unpaired) electrons. The molecule has 3 aromatic rings. The van der Waals surface area contributed by atoms with Crippen LogP contribution in [0.3, 0.4) is 0 Å². The molecule has 0 fully saturated rings. The maximum atomic E-state index is 13.9. The number of nitrogens with zero attached hydrogens (tertiary/aromatic N) is 2. The molecular formula is C18H12ClFN2O. The molecule has 3 nitrogen and oxygen atoms in total. The molecule has 5 heteroatoms. The average Bonchev–Trinajstić information content (AvgIpc) is 2.82. The van der Waals surface area contributed by atoms with E-state index in [0.29, 0.717) is 17.3 Å². The molecule has 0 amide bonds. The molecule has 0 bridgehead atoms. The summed E-state index contributed by atoms with van der Waals surface area (Å²) in [7, 11) is 0. The van der Waals surface area contributed by atoms with Crippen molar-refractivity contribution in [1.82, 2.24) is 5.16 Å². The maximum absolute atomic E-state index is 13.9. The molecule has 114 valence electrons. The van der Waals surface area contributed by atoms with Crippen LogP contribution in [0.5, 0.6) is 0 Å². The van der Waals surface area contributed by atoms with E-state index in [1.807, 2.05) is 19.1 Å². The van der Waals surface area contributed by atoms with Crippen molar-refractivity contribution in [2.45, 2.75) is 13.5 Å². The first-order valence-corrected chi connectivity index (χ1v) is 7.57. The molecular weight excluding hydrogens is 315 g/mol. The Morgan fingerprint density at radius 1 is 1.09 bits per heavy atom. The van der Waals surface area contributed by atoms with Gasteiger partial charge in [-0.25, -0.2) is 4.39 Å². The molecule has 23 heavy (non-hydrogen) atoms. The van der Waals surface area contributed by atoms with Gasteiger partial charge in [0.25, 0.3) is 0 Å². The van der Waals surface area contributed by atoms with E-state index >= 15 is 0 Å². The van der Waals surface area contributed by atoms with E-state index in [2.05, 4.69) is 10.1 Å². The molecule has 0 unspecified atom stereocenters. The van der Waals surface area contributed by atoms with Gasteiger partial charge in [-0.05, 0) is 36.8 Å². The third-order valence-corrected chi connectivity index (χ3v) is 4.19. The lowest BCUT2D eigenvalue weighted by molar-refractivity contribution is 0.382. The molecule has 0 saturated heterocycles. The molecule has 1 aliphatic heterocycles. The Morgan fingerprint density at radius 2 is 1.87 bits per heavy atom. The quantitative estimate of drug-likeness (QED) is 0.644. The fourth-order valence-electron chi connectivity index (χ4n) is 2.89. The second-order valence-corrected chi connectivity index (χ2v) is 5.86. The van der Waals surface area contributed by atoms with E-state index in [1.165, 1.54) is 12.1 Å². The largest absolute Gasteiger partial charge is 0.358 e. The van der Waals surface area contributed by atoms with E-state index in [9.17, 15) is 4.39 Å². The topological polar surface area (TPSA) is 38.4 Å². The summed E-state index contributed by atoms with van der Waals surface area (Å²) in [6.45, 7) is 2.24. The number of aliphatic imine (C=N–C) groups is 1. The molecule has 1 aliphatic rings. The number of halogens is 2. The van der Waals surface area contributed by atoms with E-state index in [4.69, 9.17) is 16.1 Å². The standard InChI is InChI=1S/C18H12ClFN2O/c1-10-17-14-7-6-13(20)8-15(14)18(21-9-16(17)23-22-10)11-2-4-12(19)5-3-11/h2-8H,9H2,1H3. The van der Waals surface area contributed by atoms with Gasteiger partial charge in [-0.15, -0.1) is 0 Å². The summed E-state index contributed by atoms with van der Waals surface area (Å²) in [4.78, 5) is 4.63. The van der Waals surface area contributed by atoms with Gasteiger partial charge in [0.2, 0.25) is 0 Å². The Labute approximate surface area is 137 Å². The normalized spacial score (nSPS) is 13.1. The second kappa shape index (κ2) is 5.32. The van der Waals surface area contributed by atoms with Gasteiger partial charge in [-0.1, -0.05) is 35.0 Å². The zero-order chi connectivity index (χ0) is 16.0. The summed E-state index contributed by atoms with van der Waals surface area (Å²) < 4.78 is 19.3. The summed E-state index contributed by atoms with van der Waals surface area (Å²) >= 11 is 5.96. The lowest BCUT2D eigenvalue weighted by atomic mass is 9.93. The number of aromatic nitrogens is 1. The highest BCUT2D eigenvalue weighted by Gasteiger charge is 2.24. The number of hydrogen-bond donors (Lipinski definition) is 0. The molecule has 0 spiro atoms. The van der Waals surface area contributed by atoms with Crippen LogP contribution in [0, 0.1) is 12.7 Å². The number of benzene rings is 2. The van der Waals surface area contributed by atoms with Gasteiger partial charge in [0.15, 0.2) is 5.76 Å². The van der Waals surface area contributed by atoms with Crippen LogP contribution >= 0.6 is 11.6 Å². The molecule has 2 heterocycles. The zero-order valence-electron chi connectivity index (χ0n) is 12.3. The van der Waals surface area contributed by atoms with Gasteiger partial charge in [-0.3, -0.25) is 4.99 Å². The van der Waals surface area contributed by atoms with Crippen LogP contribution in [-0.4, -0.2) is 10.9 Å². The van der Waals surface area contributed by atoms with Crippen molar-refractivity contribution >= 4 is 17.3 Å². The van der Waals surface area contributed by atoms with Gasteiger partial charge in [0.1, 0.15) is 12.4 Å². The smallest absolute Gasteiger partial charge is 0.166 e. The first kappa shape index (κ1) is 14.2. The van der Waals surface area contributed by atoms with E-state index in [0.717, 1.165) is 33.7 Å². The minimum absolute atomic E-state index is 0.303. The van der Waals surface area contributed by atoms with Crippen LogP contribution in [0.25, 0.3) is 11.1 Å². The molecule has 0 atom stereocenters. The van der Waals surface area contributed by atoms with Gasteiger partial charge >= 0.3 is 0 Å². The number of hydrogen-bond acceptors (Lipinski definition) is 3. The zero-order valence-corrected chi connectivity index (χ0v) is 13.1. The maximum Gasteiger partial charge on any atom is 0.166 e. The highest BCUT2D eigenvalue weighted by atomic mass is 35.5. The predicted octanol–water partition coefficient (Wildman–Crippen LogP) is 4.79. The van der Waals surface area contributed by atoms with Crippen molar-refractivity contribution in [3.05, 3.63) is 75.9 Å². The summed E-state index contributed by atoms with van der Waals surface area (Å²) in [5.74, 6) is 0.391. The molecule has 1 aromatic heterocycles. The molecule has 4 rings (SSSR count). The summed E-state index contributed by atoms with van der Waals surface area (Å²) in [6.07, 6.45) is 0. The lowest BCUT2D eigenvalue weighted by Gasteiger charge is -2.10. The Kier molecular flexibility index (Phi) is 3.27. The number of rotatable bonds is 1. The summed E-state index contributed by atoms with van der Waals surface area (Å²) in [5.41, 5.74) is 4.90. The Morgan fingerprint density at radius 3 is 2.65 bits per heavy atom. The SMILES string of the molecule is Cc1noc2c1-c1ccc(F)cc1C(c1ccc(Cl)cc1)=NC2. The first-order valence-electron chi connectivity index (χ1n) is 7.19. The Bertz CT molecular complexity index is 929. The van der Waals surface area contributed by atoms with Crippen molar-refractivity contribution in [1.29, 1.82) is 0 Å². The minimum Gasteiger partial charge on any atom is -0.358 e. The molecule has 2 aromatic carbocycles. The highest BCUT2D eigenvalue weighted by Crippen LogP contribution is 2.35. The van der Waals surface area contributed by atoms with E-state index < -0.39 is 0 Å². The third-order valence-electron chi connectivity index (χ3n) is 3.94. The van der Waals surface area contributed by atoms with Crippen LogP contribution in [-0.2, 0) is 6.54 Å². The monoisotopic (exact) mass is 326 g/mol. The summed E-state index contributed by atoms with van der Waals surface area (Å²) in [5, 5.41) is 4.66.